The molecule has 1 unspecified atom stereocenters. The van der Waals surface area contributed by atoms with Gasteiger partial charge in [-0.2, -0.15) is 0 Å². The zero-order chi connectivity index (χ0) is 14.5. The summed E-state index contributed by atoms with van der Waals surface area (Å²) in [5.74, 6) is -0.238. The van der Waals surface area contributed by atoms with Crippen molar-refractivity contribution in [2.75, 3.05) is 6.54 Å². The van der Waals surface area contributed by atoms with E-state index in [-0.39, 0.29) is 11.3 Å². The number of carbonyl (C=O) groups excluding carboxylic acids is 1. The maximum Gasteiger partial charge on any atom is 0.252 e. The predicted octanol–water partition coefficient (Wildman–Crippen LogP) is 4.81. The molecule has 2 nitrogen and oxygen atoms in total. The third kappa shape index (κ3) is 3.98. The minimum Gasteiger partial charge on any atom is -0.350 e. The van der Waals surface area contributed by atoms with Crippen LogP contribution in [0.15, 0.2) is 53.0 Å². The first kappa shape index (κ1) is 15.4. The van der Waals surface area contributed by atoms with E-state index in [0.717, 1.165) is 10.0 Å². The fraction of sp³-hybridized carbons (Fsp3) is 0.133. The van der Waals surface area contributed by atoms with Crippen molar-refractivity contribution < 1.29 is 4.79 Å². The summed E-state index contributed by atoms with van der Waals surface area (Å²) in [5, 5.41) is 2.93. The molecule has 0 saturated heterocycles. The summed E-state index contributed by atoms with van der Waals surface area (Å²) >= 11 is 15.6. The maximum absolute atomic E-state index is 12.1. The number of benzene rings is 2. The average Bonchev–Trinajstić information content (AvgIpc) is 2.47. The number of hydrogen-bond donors (Lipinski definition) is 1. The van der Waals surface area contributed by atoms with Crippen molar-refractivity contribution in [3.05, 3.63) is 69.2 Å². The molecule has 1 N–H and O–H groups in total. The van der Waals surface area contributed by atoms with E-state index in [9.17, 15) is 4.79 Å². The van der Waals surface area contributed by atoms with Crippen LogP contribution in [-0.2, 0) is 0 Å². The molecule has 0 aliphatic rings. The summed E-state index contributed by atoms with van der Waals surface area (Å²) in [6.45, 7) is 0.341. The molecule has 2 aromatic carbocycles. The van der Waals surface area contributed by atoms with Gasteiger partial charge in [0.15, 0.2) is 0 Å². The predicted molar refractivity (Wildman–Crippen MR) is 86.5 cm³/mol. The Morgan fingerprint density at radius 3 is 2.60 bits per heavy atom. The van der Waals surface area contributed by atoms with Gasteiger partial charge < -0.3 is 5.32 Å². The van der Waals surface area contributed by atoms with E-state index in [4.69, 9.17) is 23.2 Å². The van der Waals surface area contributed by atoms with E-state index in [0.29, 0.717) is 17.1 Å². The van der Waals surface area contributed by atoms with Gasteiger partial charge in [0.2, 0.25) is 0 Å². The van der Waals surface area contributed by atoms with Crippen LogP contribution in [0.4, 0.5) is 0 Å². The molecule has 2 rings (SSSR count). The van der Waals surface area contributed by atoms with Gasteiger partial charge in [-0.05, 0) is 23.8 Å². The van der Waals surface area contributed by atoms with Crippen molar-refractivity contribution >= 4 is 45.0 Å². The molecule has 2 aromatic rings. The van der Waals surface area contributed by atoms with Crippen LogP contribution in [0, 0.1) is 0 Å². The van der Waals surface area contributed by atoms with Gasteiger partial charge in [-0.3, -0.25) is 4.79 Å². The fourth-order valence-electron chi connectivity index (χ4n) is 1.73. The summed E-state index contributed by atoms with van der Waals surface area (Å²) in [5.41, 5.74) is 1.40. The van der Waals surface area contributed by atoms with Crippen molar-refractivity contribution in [1.82, 2.24) is 5.32 Å². The Morgan fingerprint density at radius 1 is 1.20 bits per heavy atom. The first-order valence-electron chi connectivity index (χ1n) is 6.00. The Hall–Kier alpha value is -1.03. The molecule has 0 heterocycles. The largest absolute Gasteiger partial charge is 0.350 e. The van der Waals surface area contributed by atoms with Gasteiger partial charge in [0.05, 0.1) is 16.0 Å². The Labute approximate surface area is 136 Å². The highest BCUT2D eigenvalue weighted by molar-refractivity contribution is 9.10. The minimum absolute atomic E-state index is 0.238. The summed E-state index contributed by atoms with van der Waals surface area (Å²) < 4.78 is 0.803. The molecule has 0 aliphatic carbocycles. The first-order valence-corrected chi connectivity index (χ1v) is 7.61. The number of amides is 1. The molecular weight excluding hydrogens is 361 g/mol. The second-order valence-corrected chi connectivity index (χ2v) is 6.06. The number of alkyl halides is 1. The van der Waals surface area contributed by atoms with Crippen LogP contribution < -0.4 is 5.32 Å². The number of hydrogen-bond acceptors (Lipinski definition) is 1. The van der Waals surface area contributed by atoms with Crippen molar-refractivity contribution in [3.8, 4) is 0 Å². The topological polar surface area (TPSA) is 29.1 Å². The van der Waals surface area contributed by atoms with Gasteiger partial charge in [0.25, 0.3) is 5.91 Å². The molecule has 0 saturated carbocycles. The SMILES string of the molecule is O=C(NCC(Cl)c1ccccc1)c1cc(Br)ccc1Cl. The van der Waals surface area contributed by atoms with Crippen LogP contribution >= 0.6 is 39.1 Å². The molecule has 0 bridgehead atoms. The van der Waals surface area contributed by atoms with Gasteiger partial charge in [-0.1, -0.05) is 57.9 Å². The lowest BCUT2D eigenvalue weighted by molar-refractivity contribution is 0.0953. The Morgan fingerprint density at radius 2 is 1.90 bits per heavy atom. The van der Waals surface area contributed by atoms with Crippen LogP contribution in [0.2, 0.25) is 5.02 Å². The second kappa shape index (κ2) is 7.11. The first-order chi connectivity index (χ1) is 9.58. The quantitative estimate of drug-likeness (QED) is 0.766. The Kier molecular flexibility index (Phi) is 5.46. The average molecular weight is 373 g/mol. The van der Waals surface area contributed by atoms with Crippen LogP contribution in [0.3, 0.4) is 0 Å². The van der Waals surface area contributed by atoms with Gasteiger partial charge in [-0.15, -0.1) is 11.6 Å². The minimum atomic E-state index is -0.272. The van der Waals surface area contributed by atoms with Gasteiger partial charge >= 0.3 is 0 Å². The van der Waals surface area contributed by atoms with Crippen molar-refractivity contribution in [3.63, 3.8) is 0 Å². The monoisotopic (exact) mass is 371 g/mol. The molecule has 0 radical (unpaired) electrons. The lowest BCUT2D eigenvalue weighted by Crippen LogP contribution is -2.27. The number of rotatable bonds is 4. The van der Waals surface area contributed by atoms with Gasteiger partial charge in [-0.25, -0.2) is 0 Å². The molecule has 1 amide bonds. The summed E-state index contributed by atoms with van der Waals surface area (Å²) in [6, 6.07) is 14.8. The van der Waals surface area contributed by atoms with E-state index in [1.54, 1.807) is 18.2 Å². The van der Waals surface area contributed by atoms with E-state index < -0.39 is 0 Å². The summed E-state index contributed by atoms with van der Waals surface area (Å²) in [4.78, 5) is 12.1. The maximum atomic E-state index is 12.1. The molecule has 5 heteroatoms. The Bertz CT molecular complexity index is 604. The highest BCUT2D eigenvalue weighted by atomic mass is 79.9. The van der Waals surface area contributed by atoms with Crippen LogP contribution in [0.5, 0.6) is 0 Å². The number of halogens is 3. The van der Waals surface area contributed by atoms with Crippen molar-refractivity contribution in [2.45, 2.75) is 5.38 Å². The lowest BCUT2D eigenvalue weighted by Gasteiger charge is -2.12. The molecular formula is C15H12BrCl2NO. The second-order valence-electron chi connectivity index (χ2n) is 4.21. The lowest BCUT2D eigenvalue weighted by atomic mass is 10.1. The molecule has 0 aromatic heterocycles. The van der Waals surface area contributed by atoms with Crippen LogP contribution in [-0.4, -0.2) is 12.5 Å². The normalized spacial score (nSPS) is 11.9. The third-order valence-electron chi connectivity index (χ3n) is 2.78. The van der Waals surface area contributed by atoms with E-state index in [1.165, 1.54) is 0 Å². The fourth-order valence-corrected chi connectivity index (χ4v) is 2.52. The Balaban J connectivity index is 2.00. The highest BCUT2D eigenvalue weighted by Crippen LogP contribution is 2.22. The highest BCUT2D eigenvalue weighted by Gasteiger charge is 2.13. The number of carbonyl (C=O) groups is 1. The molecule has 0 fully saturated rings. The van der Waals surface area contributed by atoms with Gasteiger partial charge in [0, 0.05) is 11.0 Å². The molecule has 1 atom stereocenters. The zero-order valence-electron chi connectivity index (χ0n) is 10.4. The van der Waals surface area contributed by atoms with Crippen LogP contribution in [0.1, 0.15) is 21.3 Å². The molecule has 0 spiro atoms. The molecule has 104 valence electrons. The summed E-state index contributed by atoms with van der Waals surface area (Å²) in [6.07, 6.45) is 0. The smallest absolute Gasteiger partial charge is 0.252 e. The van der Waals surface area contributed by atoms with Gasteiger partial charge in [0.1, 0.15) is 0 Å². The van der Waals surface area contributed by atoms with Crippen LogP contribution in [0.25, 0.3) is 0 Å². The van der Waals surface area contributed by atoms with Crippen molar-refractivity contribution in [1.29, 1.82) is 0 Å². The van der Waals surface area contributed by atoms with E-state index in [1.807, 2.05) is 30.3 Å². The summed E-state index contributed by atoms with van der Waals surface area (Å²) in [7, 11) is 0. The van der Waals surface area contributed by atoms with E-state index in [2.05, 4.69) is 21.2 Å². The standard InChI is InChI=1S/C15H12BrCl2NO/c16-11-6-7-13(17)12(8-11)15(20)19-9-14(18)10-4-2-1-3-5-10/h1-8,14H,9H2,(H,19,20). The number of nitrogens with one attached hydrogen (secondary N) is 1. The van der Waals surface area contributed by atoms with E-state index >= 15 is 0 Å². The zero-order valence-corrected chi connectivity index (χ0v) is 13.5. The molecule has 0 aliphatic heterocycles. The third-order valence-corrected chi connectivity index (χ3v) is 4.01. The molecule has 20 heavy (non-hydrogen) atoms. The van der Waals surface area contributed by atoms with Crippen molar-refractivity contribution in [2.24, 2.45) is 0 Å².